The number of likely N-dealkylation sites (tertiary alicyclic amines) is 1. The SMILES string of the molecule is CC1(C)CN(C(=O)Cc2csc(NC(=O)c3cccs3)n2)CCC1N.Cl.Cl. The molecule has 1 atom stereocenters. The van der Waals surface area contributed by atoms with Gasteiger partial charge < -0.3 is 10.6 Å². The average molecular weight is 451 g/mol. The summed E-state index contributed by atoms with van der Waals surface area (Å²) in [7, 11) is 0. The van der Waals surface area contributed by atoms with E-state index < -0.39 is 0 Å². The maximum absolute atomic E-state index is 12.5. The van der Waals surface area contributed by atoms with Crippen molar-refractivity contribution in [3.8, 4) is 0 Å². The number of amides is 2. The van der Waals surface area contributed by atoms with Gasteiger partial charge in [0.2, 0.25) is 5.91 Å². The highest BCUT2D eigenvalue weighted by Gasteiger charge is 2.35. The Kier molecular flexibility index (Phi) is 8.69. The van der Waals surface area contributed by atoms with Gasteiger partial charge in [-0.2, -0.15) is 0 Å². The first-order valence-electron chi connectivity index (χ1n) is 8.18. The average Bonchev–Trinajstić information content (AvgIpc) is 3.21. The van der Waals surface area contributed by atoms with Gasteiger partial charge in [0, 0.05) is 24.5 Å². The third-order valence-corrected chi connectivity index (χ3v) is 6.19. The summed E-state index contributed by atoms with van der Waals surface area (Å²) in [6, 6.07) is 3.72. The van der Waals surface area contributed by atoms with Crippen molar-refractivity contribution in [3.05, 3.63) is 33.5 Å². The maximum atomic E-state index is 12.5. The Hall–Kier alpha value is -1.19. The number of thiazole rings is 1. The summed E-state index contributed by atoms with van der Waals surface area (Å²) in [5.74, 6) is -0.115. The molecule has 0 saturated carbocycles. The van der Waals surface area contributed by atoms with Crippen LogP contribution >= 0.6 is 47.5 Å². The lowest BCUT2D eigenvalue weighted by Crippen LogP contribution is -2.54. The Morgan fingerprint density at radius 2 is 2.11 bits per heavy atom. The van der Waals surface area contributed by atoms with Gasteiger partial charge in [-0.05, 0) is 23.3 Å². The molecule has 0 radical (unpaired) electrons. The van der Waals surface area contributed by atoms with Gasteiger partial charge in [0.15, 0.2) is 5.13 Å². The van der Waals surface area contributed by atoms with Crippen molar-refractivity contribution in [2.45, 2.75) is 32.7 Å². The highest BCUT2D eigenvalue weighted by atomic mass is 35.5. The van der Waals surface area contributed by atoms with Gasteiger partial charge >= 0.3 is 0 Å². The summed E-state index contributed by atoms with van der Waals surface area (Å²) in [4.78, 5) is 31.5. The number of nitrogens with two attached hydrogens (primary N) is 1. The second kappa shape index (κ2) is 9.84. The fourth-order valence-electron chi connectivity index (χ4n) is 2.87. The van der Waals surface area contributed by atoms with Crippen LogP contribution in [0.25, 0.3) is 0 Å². The number of aromatic nitrogens is 1. The highest BCUT2D eigenvalue weighted by molar-refractivity contribution is 7.14. The van der Waals surface area contributed by atoms with Gasteiger partial charge in [0.05, 0.1) is 17.0 Å². The van der Waals surface area contributed by atoms with E-state index in [1.54, 1.807) is 6.07 Å². The Morgan fingerprint density at radius 3 is 2.74 bits per heavy atom. The number of halogens is 2. The first kappa shape index (κ1) is 23.8. The molecular formula is C17H24Cl2N4O2S2. The molecule has 0 aromatic carbocycles. The van der Waals surface area contributed by atoms with Crippen LogP contribution in [0.5, 0.6) is 0 Å². The number of thiophene rings is 1. The van der Waals surface area contributed by atoms with Crippen LogP contribution in [-0.2, 0) is 11.2 Å². The standard InChI is InChI=1S/C17H22N4O2S2.2ClH/c1-17(2)10-21(6-5-13(17)18)14(22)8-11-9-25-16(19-11)20-15(23)12-4-3-7-24-12;;/h3-4,7,9,13H,5-6,8,10,18H2,1-2H3,(H,19,20,23);2*1H. The minimum atomic E-state index is -0.172. The van der Waals surface area contributed by atoms with E-state index in [2.05, 4.69) is 24.1 Å². The number of nitrogens with zero attached hydrogens (tertiary/aromatic N) is 2. The zero-order valence-corrected chi connectivity index (χ0v) is 18.4. The largest absolute Gasteiger partial charge is 0.342 e. The van der Waals surface area contributed by atoms with Gasteiger partial charge in [0.25, 0.3) is 5.91 Å². The van der Waals surface area contributed by atoms with Crippen molar-refractivity contribution in [3.63, 3.8) is 0 Å². The lowest BCUT2D eigenvalue weighted by atomic mass is 9.79. The van der Waals surface area contributed by atoms with Gasteiger partial charge in [-0.25, -0.2) is 4.98 Å². The maximum Gasteiger partial charge on any atom is 0.267 e. The summed E-state index contributed by atoms with van der Waals surface area (Å²) in [6.45, 7) is 5.55. The number of piperidine rings is 1. The van der Waals surface area contributed by atoms with Crippen molar-refractivity contribution < 1.29 is 9.59 Å². The summed E-state index contributed by atoms with van der Waals surface area (Å²) in [6.07, 6.45) is 1.06. The van der Waals surface area contributed by atoms with E-state index in [-0.39, 0.29) is 54.5 Å². The normalized spacial score (nSPS) is 18.2. The van der Waals surface area contributed by atoms with E-state index >= 15 is 0 Å². The van der Waals surface area contributed by atoms with Crippen molar-refractivity contribution in [1.29, 1.82) is 0 Å². The summed E-state index contributed by atoms with van der Waals surface area (Å²) in [5.41, 5.74) is 6.74. The molecule has 1 fully saturated rings. The summed E-state index contributed by atoms with van der Waals surface area (Å²) >= 11 is 2.72. The molecule has 3 heterocycles. The number of carbonyl (C=O) groups excluding carboxylic acids is 2. The summed E-state index contributed by atoms with van der Waals surface area (Å²) < 4.78 is 0. The smallest absolute Gasteiger partial charge is 0.267 e. The van der Waals surface area contributed by atoms with E-state index in [0.29, 0.717) is 28.8 Å². The number of anilines is 1. The Bertz CT molecular complexity index is 765. The van der Waals surface area contributed by atoms with Crippen molar-refractivity contribution >= 4 is 64.4 Å². The molecule has 0 bridgehead atoms. The minimum Gasteiger partial charge on any atom is -0.342 e. The monoisotopic (exact) mass is 450 g/mol. The topological polar surface area (TPSA) is 88.3 Å². The summed E-state index contributed by atoms with van der Waals surface area (Å²) in [5, 5.41) is 6.97. The first-order valence-corrected chi connectivity index (χ1v) is 9.94. The predicted molar refractivity (Wildman–Crippen MR) is 116 cm³/mol. The molecule has 10 heteroatoms. The zero-order chi connectivity index (χ0) is 18.0. The Labute approximate surface area is 179 Å². The molecule has 3 rings (SSSR count). The van der Waals surface area contributed by atoms with Crippen molar-refractivity contribution in [2.24, 2.45) is 11.1 Å². The van der Waals surface area contributed by atoms with Gasteiger partial charge in [0.1, 0.15) is 0 Å². The van der Waals surface area contributed by atoms with Crippen LogP contribution in [0.3, 0.4) is 0 Å². The van der Waals surface area contributed by atoms with Crippen LogP contribution in [0, 0.1) is 5.41 Å². The van der Waals surface area contributed by atoms with E-state index in [1.807, 2.05) is 21.7 Å². The molecule has 2 aromatic rings. The quantitative estimate of drug-likeness (QED) is 0.746. The van der Waals surface area contributed by atoms with Gasteiger partial charge in [-0.3, -0.25) is 14.9 Å². The highest BCUT2D eigenvalue weighted by Crippen LogP contribution is 2.28. The molecule has 1 aliphatic rings. The molecule has 2 amide bonds. The molecule has 2 aromatic heterocycles. The van der Waals surface area contributed by atoms with Crippen LogP contribution in [-0.4, -0.2) is 40.8 Å². The van der Waals surface area contributed by atoms with Gasteiger partial charge in [-0.1, -0.05) is 19.9 Å². The molecule has 1 saturated heterocycles. The van der Waals surface area contributed by atoms with Crippen LogP contribution < -0.4 is 11.1 Å². The molecular weight excluding hydrogens is 427 g/mol. The van der Waals surface area contributed by atoms with Crippen molar-refractivity contribution in [1.82, 2.24) is 9.88 Å². The fourth-order valence-corrected chi connectivity index (χ4v) is 4.19. The lowest BCUT2D eigenvalue weighted by molar-refractivity contribution is -0.133. The fraction of sp³-hybridized carbons (Fsp3) is 0.471. The van der Waals surface area contributed by atoms with Crippen LogP contribution in [0.15, 0.2) is 22.9 Å². The molecule has 0 spiro atoms. The van der Waals surface area contributed by atoms with Crippen LogP contribution in [0.4, 0.5) is 5.13 Å². The van der Waals surface area contributed by atoms with Gasteiger partial charge in [-0.15, -0.1) is 47.5 Å². The Balaban J connectivity index is 0.00000182. The number of hydrogen-bond acceptors (Lipinski definition) is 6. The molecule has 1 aliphatic heterocycles. The van der Waals surface area contributed by atoms with E-state index in [0.717, 1.165) is 6.42 Å². The molecule has 1 unspecified atom stereocenters. The second-order valence-electron chi connectivity index (χ2n) is 6.95. The molecule has 27 heavy (non-hydrogen) atoms. The number of carbonyl (C=O) groups is 2. The Morgan fingerprint density at radius 1 is 1.37 bits per heavy atom. The zero-order valence-electron chi connectivity index (χ0n) is 15.1. The number of rotatable bonds is 4. The molecule has 0 aliphatic carbocycles. The van der Waals surface area contributed by atoms with E-state index in [1.165, 1.54) is 22.7 Å². The molecule has 6 nitrogen and oxygen atoms in total. The first-order chi connectivity index (χ1) is 11.8. The third-order valence-electron chi connectivity index (χ3n) is 4.51. The minimum absolute atomic E-state index is 0. The number of nitrogens with one attached hydrogen (secondary N) is 1. The lowest BCUT2D eigenvalue weighted by Gasteiger charge is -2.42. The van der Waals surface area contributed by atoms with Crippen LogP contribution in [0.1, 0.15) is 35.6 Å². The van der Waals surface area contributed by atoms with E-state index in [9.17, 15) is 9.59 Å². The number of hydrogen-bond donors (Lipinski definition) is 2. The third kappa shape index (κ3) is 5.89. The second-order valence-corrected chi connectivity index (χ2v) is 8.76. The molecule has 3 N–H and O–H groups in total. The predicted octanol–water partition coefficient (Wildman–Crippen LogP) is 3.43. The molecule has 150 valence electrons. The van der Waals surface area contributed by atoms with Crippen LogP contribution in [0.2, 0.25) is 0 Å². The van der Waals surface area contributed by atoms with Crippen molar-refractivity contribution in [2.75, 3.05) is 18.4 Å². The van der Waals surface area contributed by atoms with E-state index in [4.69, 9.17) is 5.73 Å².